The first-order chi connectivity index (χ1) is 15.3. The molecule has 0 bridgehead atoms. The predicted molar refractivity (Wildman–Crippen MR) is 116 cm³/mol. The van der Waals surface area contributed by atoms with Gasteiger partial charge in [0.15, 0.2) is 0 Å². The van der Waals surface area contributed by atoms with E-state index < -0.39 is 16.7 Å². The SMILES string of the molecule is Cc1nc(-c2c[nH]c(=O)[nH]c2=O)c2c(n1)[C@@]1(c3ccc(F)cc3)CCC(=O)[C@@H](C)[C@@H]1CC2. The number of aromatic nitrogens is 4. The van der Waals surface area contributed by atoms with Crippen molar-refractivity contribution in [2.75, 3.05) is 0 Å². The maximum Gasteiger partial charge on any atom is 0.325 e. The molecule has 3 aromatic rings. The number of H-pyrrole nitrogens is 2. The molecular weight excluding hydrogens is 411 g/mol. The molecule has 0 saturated heterocycles. The first-order valence-electron chi connectivity index (χ1n) is 10.8. The highest BCUT2D eigenvalue weighted by Gasteiger charge is 2.53. The number of nitrogens with one attached hydrogen (secondary N) is 2. The Balaban J connectivity index is 1.82. The van der Waals surface area contributed by atoms with E-state index in [4.69, 9.17) is 4.98 Å². The molecule has 164 valence electrons. The Bertz CT molecular complexity index is 1340. The number of benzene rings is 1. The number of aromatic amines is 2. The summed E-state index contributed by atoms with van der Waals surface area (Å²) in [7, 11) is 0. The van der Waals surface area contributed by atoms with Crippen LogP contribution in [0.3, 0.4) is 0 Å². The molecule has 0 unspecified atom stereocenters. The molecule has 0 spiro atoms. The molecule has 1 fully saturated rings. The van der Waals surface area contributed by atoms with Gasteiger partial charge in [-0.15, -0.1) is 0 Å². The Morgan fingerprint density at radius 3 is 2.56 bits per heavy atom. The zero-order valence-corrected chi connectivity index (χ0v) is 17.9. The van der Waals surface area contributed by atoms with Crippen molar-refractivity contribution in [1.82, 2.24) is 19.9 Å². The van der Waals surface area contributed by atoms with Crippen LogP contribution in [0.2, 0.25) is 0 Å². The van der Waals surface area contributed by atoms with Gasteiger partial charge < -0.3 is 4.98 Å². The van der Waals surface area contributed by atoms with Crippen LogP contribution in [0.15, 0.2) is 40.1 Å². The summed E-state index contributed by atoms with van der Waals surface area (Å²) in [5, 5.41) is 0. The van der Waals surface area contributed by atoms with E-state index in [2.05, 4.69) is 15.0 Å². The van der Waals surface area contributed by atoms with Crippen LogP contribution in [-0.4, -0.2) is 25.7 Å². The maximum atomic E-state index is 13.8. The lowest BCUT2D eigenvalue weighted by Gasteiger charge is -2.50. The van der Waals surface area contributed by atoms with Gasteiger partial charge in [-0.05, 0) is 49.8 Å². The number of nitrogens with zero attached hydrogens (tertiary/aromatic N) is 2. The van der Waals surface area contributed by atoms with Gasteiger partial charge >= 0.3 is 5.69 Å². The molecule has 2 heterocycles. The van der Waals surface area contributed by atoms with Crippen LogP contribution < -0.4 is 11.2 Å². The molecule has 0 amide bonds. The second-order valence-electron chi connectivity index (χ2n) is 8.81. The molecular formula is C24H23FN4O3. The lowest BCUT2D eigenvalue weighted by molar-refractivity contribution is -0.128. The minimum absolute atomic E-state index is 0.0118. The highest BCUT2D eigenvalue weighted by atomic mass is 19.1. The summed E-state index contributed by atoms with van der Waals surface area (Å²) in [6.07, 6.45) is 3.68. The van der Waals surface area contributed by atoms with Crippen molar-refractivity contribution in [3.05, 3.63) is 79.8 Å². The monoisotopic (exact) mass is 434 g/mol. The maximum absolute atomic E-state index is 13.8. The Labute approximate surface area is 183 Å². The van der Waals surface area contributed by atoms with Gasteiger partial charge in [-0.25, -0.2) is 19.2 Å². The Kier molecular flexibility index (Phi) is 4.69. The Morgan fingerprint density at radius 1 is 1.09 bits per heavy atom. The molecule has 3 atom stereocenters. The third-order valence-corrected chi connectivity index (χ3v) is 7.19. The van der Waals surface area contributed by atoms with Gasteiger partial charge in [0.1, 0.15) is 17.4 Å². The van der Waals surface area contributed by atoms with E-state index >= 15 is 0 Å². The van der Waals surface area contributed by atoms with Gasteiger partial charge in [-0.3, -0.25) is 14.6 Å². The highest BCUT2D eigenvalue weighted by molar-refractivity contribution is 5.83. The summed E-state index contributed by atoms with van der Waals surface area (Å²) in [6, 6.07) is 6.45. The second-order valence-corrected chi connectivity index (χ2v) is 8.81. The van der Waals surface area contributed by atoms with E-state index in [0.717, 1.165) is 23.2 Å². The zero-order valence-electron chi connectivity index (χ0n) is 17.9. The van der Waals surface area contributed by atoms with Gasteiger partial charge in [0.2, 0.25) is 0 Å². The van der Waals surface area contributed by atoms with Gasteiger partial charge in [-0.1, -0.05) is 19.1 Å². The number of carbonyl (C=O) groups excluding carboxylic acids is 1. The second kappa shape index (κ2) is 7.32. The van der Waals surface area contributed by atoms with E-state index in [1.54, 1.807) is 19.1 Å². The van der Waals surface area contributed by atoms with Gasteiger partial charge in [-0.2, -0.15) is 0 Å². The van der Waals surface area contributed by atoms with Crippen LogP contribution in [0.5, 0.6) is 0 Å². The van der Waals surface area contributed by atoms with Crippen molar-refractivity contribution in [2.45, 2.75) is 44.9 Å². The van der Waals surface area contributed by atoms with Crippen LogP contribution in [0, 0.1) is 24.6 Å². The summed E-state index contributed by atoms with van der Waals surface area (Å²) in [5.74, 6) is 0.266. The molecule has 1 saturated carbocycles. The van der Waals surface area contributed by atoms with E-state index in [0.29, 0.717) is 30.8 Å². The number of Topliss-reactive ketones (excluding diaryl/α,β-unsaturated/α-hetero) is 1. The fraction of sp³-hybridized carbons (Fsp3) is 0.375. The number of ketones is 1. The van der Waals surface area contributed by atoms with E-state index in [9.17, 15) is 18.8 Å². The van der Waals surface area contributed by atoms with Crippen molar-refractivity contribution >= 4 is 5.78 Å². The fourth-order valence-corrected chi connectivity index (χ4v) is 5.73. The minimum atomic E-state index is -0.583. The van der Waals surface area contributed by atoms with Gasteiger partial charge in [0.05, 0.1) is 17.0 Å². The third kappa shape index (κ3) is 2.97. The lowest BCUT2D eigenvalue weighted by Crippen LogP contribution is -2.50. The Hall–Kier alpha value is -3.42. The minimum Gasteiger partial charge on any atom is -0.313 e. The van der Waals surface area contributed by atoms with Crippen LogP contribution in [0.4, 0.5) is 4.39 Å². The zero-order chi connectivity index (χ0) is 22.6. The largest absolute Gasteiger partial charge is 0.325 e. The summed E-state index contributed by atoms with van der Waals surface area (Å²) in [6.45, 7) is 3.74. The van der Waals surface area contributed by atoms with Gasteiger partial charge in [0, 0.05) is 29.5 Å². The molecule has 7 nitrogen and oxygen atoms in total. The highest BCUT2D eigenvalue weighted by Crippen LogP contribution is 2.55. The summed E-state index contributed by atoms with van der Waals surface area (Å²) >= 11 is 0. The number of hydrogen-bond donors (Lipinski definition) is 2. The summed E-state index contributed by atoms with van der Waals surface area (Å²) in [5.41, 5.74) is 1.66. The number of hydrogen-bond acceptors (Lipinski definition) is 5. The molecule has 1 aromatic carbocycles. The first kappa shape index (κ1) is 20.5. The number of halogens is 1. The van der Waals surface area contributed by atoms with Gasteiger partial charge in [0.25, 0.3) is 5.56 Å². The fourth-order valence-electron chi connectivity index (χ4n) is 5.73. The number of fused-ring (bicyclic) bond motifs is 3. The molecule has 2 aliphatic carbocycles. The van der Waals surface area contributed by atoms with E-state index in [-0.39, 0.29) is 29.0 Å². The van der Waals surface area contributed by atoms with Crippen LogP contribution in [-0.2, 0) is 16.6 Å². The smallest absolute Gasteiger partial charge is 0.313 e. The topological polar surface area (TPSA) is 109 Å². The van der Waals surface area contributed by atoms with Crippen molar-refractivity contribution < 1.29 is 9.18 Å². The van der Waals surface area contributed by atoms with Crippen LogP contribution in [0.1, 0.15) is 48.8 Å². The molecule has 32 heavy (non-hydrogen) atoms. The molecule has 0 aliphatic heterocycles. The number of rotatable bonds is 2. The molecule has 8 heteroatoms. The van der Waals surface area contributed by atoms with E-state index in [1.807, 2.05) is 6.92 Å². The van der Waals surface area contributed by atoms with Crippen molar-refractivity contribution in [2.24, 2.45) is 11.8 Å². The standard InChI is InChI=1S/C24H23FN4O3/c1-12-18-8-7-16-20(17-11-26-23(32)29-22(17)31)27-13(2)28-21(16)24(18,10-9-19(12)30)14-3-5-15(25)6-4-14/h3-6,11-12,18H,7-10H2,1-2H3,(H2,26,29,31,32)/t12-,18-,24+/m0/s1. The Morgan fingerprint density at radius 2 is 1.84 bits per heavy atom. The average Bonchev–Trinajstić information content (AvgIpc) is 2.76. The summed E-state index contributed by atoms with van der Waals surface area (Å²) < 4.78 is 13.8. The van der Waals surface area contributed by atoms with Crippen LogP contribution in [0.25, 0.3) is 11.3 Å². The molecule has 5 rings (SSSR count). The first-order valence-corrected chi connectivity index (χ1v) is 10.8. The van der Waals surface area contributed by atoms with Crippen molar-refractivity contribution in [3.63, 3.8) is 0 Å². The lowest BCUT2D eigenvalue weighted by atomic mass is 9.52. The average molecular weight is 434 g/mol. The number of carbonyl (C=O) groups is 1. The molecule has 2 aliphatic rings. The normalized spacial score (nSPS) is 24.7. The summed E-state index contributed by atoms with van der Waals surface area (Å²) in [4.78, 5) is 51.0. The van der Waals surface area contributed by atoms with Crippen molar-refractivity contribution in [3.8, 4) is 11.3 Å². The van der Waals surface area contributed by atoms with Crippen molar-refractivity contribution in [1.29, 1.82) is 0 Å². The number of aryl methyl sites for hydroxylation is 1. The molecule has 0 radical (unpaired) electrons. The van der Waals surface area contributed by atoms with Crippen LogP contribution >= 0.6 is 0 Å². The molecule has 2 aromatic heterocycles. The van der Waals surface area contributed by atoms with E-state index in [1.165, 1.54) is 18.3 Å². The quantitative estimate of drug-likeness (QED) is 0.645. The molecule has 2 N–H and O–H groups in total. The third-order valence-electron chi connectivity index (χ3n) is 7.19. The predicted octanol–water partition coefficient (Wildman–Crippen LogP) is 2.82.